The molecule has 2 N–H and O–H groups in total. The predicted octanol–water partition coefficient (Wildman–Crippen LogP) is 2.54. The Bertz CT molecular complexity index is 313. The Balaban J connectivity index is 3.20. The zero-order chi connectivity index (χ0) is 10.0. The summed E-state index contributed by atoms with van der Waals surface area (Å²) in [6.45, 7) is 3.69. The van der Waals surface area contributed by atoms with Crippen molar-refractivity contribution in [2.75, 3.05) is 5.73 Å². The van der Waals surface area contributed by atoms with Crippen LogP contribution in [0.5, 0.6) is 0 Å². The van der Waals surface area contributed by atoms with Gasteiger partial charge in [0, 0.05) is 11.3 Å². The van der Waals surface area contributed by atoms with Gasteiger partial charge >= 0.3 is 0 Å². The first-order valence-corrected chi connectivity index (χ1v) is 4.99. The highest BCUT2D eigenvalue weighted by Crippen LogP contribution is 2.20. The summed E-state index contributed by atoms with van der Waals surface area (Å²) in [6, 6.07) is 5.48. The van der Waals surface area contributed by atoms with Gasteiger partial charge in [0.1, 0.15) is 0 Å². The number of aryl methyl sites for hydroxylation is 1. The molecule has 0 saturated heterocycles. The maximum atomic E-state index is 11.7. The Morgan fingerprint density at radius 3 is 2.62 bits per heavy atom. The SMILES string of the molecule is Cc1cccc(N)c1C(=O)C(C)Br. The van der Waals surface area contributed by atoms with Crippen molar-refractivity contribution >= 4 is 27.4 Å². The van der Waals surface area contributed by atoms with Crippen LogP contribution in [0.15, 0.2) is 18.2 Å². The van der Waals surface area contributed by atoms with Gasteiger partial charge in [0.05, 0.1) is 4.83 Å². The van der Waals surface area contributed by atoms with Crippen LogP contribution in [0.25, 0.3) is 0 Å². The van der Waals surface area contributed by atoms with E-state index in [1.54, 1.807) is 13.0 Å². The van der Waals surface area contributed by atoms with Crippen LogP contribution in [0.4, 0.5) is 5.69 Å². The fraction of sp³-hybridized carbons (Fsp3) is 0.300. The molecule has 0 heterocycles. The molecule has 3 heteroatoms. The fourth-order valence-corrected chi connectivity index (χ4v) is 1.45. The number of hydrogen-bond donors (Lipinski definition) is 1. The third-order valence-corrected chi connectivity index (χ3v) is 2.33. The zero-order valence-electron chi connectivity index (χ0n) is 7.67. The van der Waals surface area contributed by atoms with Crippen LogP contribution >= 0.6 is 15.9 Å². The fourth-order valence-electron chi connectivity index (χ4n) is 1.23. The van der Waals surface area contributed by atoms with E-state index in [1.807, 2.05) is 19.1 Å². The molecule has 1 aromatic rings. The number of rotatable bonds is 2. The minimum Gasteiger partial charge on any atom is -0.398 e. The van der Waals surface area contributed by atoms with Crippen molar-refractivity contribution in [3.05, 3.63) is 29.3 Å². The number of carbonyl (C=O) groups excluding carboxylic acids is 1. The van der Waals surface area contributed by atoms with E-state index in [4.69, 9.17) is 5.73 Å². The number of nitrogen functional groups attached to an aromatic ring is 1. The first-order valence-electron chi connectivity index (χ1n) is 4.07. The molecule has 0 fully saturated rings. The van der Waals surface area contributed by atoms with Gasteiger partial charge in [0.15, 0.2) is 5.78 Å². The van der Waals surface area contributed by atoms with E-state index in [2.05, 4.69) is 15.9 Å². The van der Waals surface area contributed by atoms with Gasteiger partial charge in [-0.1, -0.05) is 28.1 Å². The molecule has 1 aromatic carbocycles. The normalized spacial score (nSPS) is 12.5. The summed E-state index contributed by atoms with van der Waals surface area (Å²) in [5.74, 6) is 0.0376. The van der Waals surface area contributed by atoms with E-state index < -0.39 is 0 Å². The Morgan fingerprint density at radius 2 is 2.15 bits per heavy atom. The number of nitrogens with two attached hydrogens (primary N) is 1. The molecule has 0 aliphatic heterocycles. The van der Waals surface area contributed by atoms with Gasteiger partial charge in [-0.25, -0.2) is 0 Å². The van der Waals surface area contributed by atoms with Crippen LogP contribution in [0.3, 0.4) is 0 Å². The van der Waals surface area contributed by atoms with E-state index in [9.17, 15) is 4.79 Å². The molecule has 0 amide bonds. The van der Waals surface area contributed by atoms with Crippen LogP contribution in [-0.4, -0.2) is 10.6 Å². The van der Waals surface area contributed by atoms with Crippen LogP contribution < -0.4 is 5.73 Å². The predicted molar refractivity (Wildman–Crippen MR) is 58.3 cm³/mol. The number of ketones is 1. The Labute approximate surface area is 86.3 Å². The van der Waals surface area contributed by atoms with Crippen LogP contribution in [0.1, 0.15) is 22.8 Å². The van der Waals surface area contributed by atoms with Gasteiger partial charge in [0.25, 0.3) is 0 Å². The number of carbonyl (C=O) groups is 1. The molecule has 0 aromatic heterocycles. The number of alkyl halides is 1. The summed E-state index contributed by atoms with van der Waals surface area (Å²) in [5.41, 5.74) is 7.83. The summed E-state index contributed by atoms with van der Waals surface area (Å²) in [6.07, 6.45) is 0. The lowest BCUT2D eigenvalue weighted by Crippen LogP contribution is -2.13. The average Bonchev–Trinajstić information content (AvgIpc) is 2.03. The average molecular weight is 242 g/mol. The van der Waals surface area contributed by atoms with Gasteiger partial charge in [-0.15, -0.1) is 0 Å². The number of hydrogen-bond acceptors (Lipinski definition) is 2. The molecule has 0 spiro atoms. The van der Waals surface area contributed by atoms with Gasteiger partial charge in [-0.05, 0) is 25.5 Å². The van der Waals surface area contributed by atoms with Crippen molar-refractivity contribution in [3.63, 3.8) is 0 Å². The maximum absolute atomic E-state index is 11.7. The lowest BCUT2D eigenvalue weighted by atomic mass is 10.0. The summed E-state index contributed by atoms with van der Waals surface area (Å²) in [4.78, 5) is 11.5. The van der Waals surface area contributed by atoms with Gasteiger partial charge in [-0.2, -0.15) is 0 Å². The van der Waals surface area contributed by atoms with Gasteiger partial charge < -0.3 is 5.73 Å². The molecule has 1 atom stereocenters. The smallest absolute Gasteiger partial charge is 0.178 e. The summed E-state index contributed by atoms with van der Waals surface area (Å²) < 4.78 is 0. The largest absolute Gasteiger partial charge is 0.398 e. The molecule has 1 rings (SSSR count). The lowest BCUT2D eigenvalue weighted by molar-refractivity contribution is 0.0996. The van der Waals surface area contributed by atoms with Crippen molar-refractivity contribution < 1.29 is 4.79 Å². The minimum atomic E-state index is -0.184. The van der Waals surface area contributed by atoms with E-state index in [-0.39, 0.29) is 10.6 Å². The van der Waals surface area contributed by atoms with Crippen molar-refractivity contribution in [2.24, 2.45) is 0 Å². The molecule has 13 heavy (non-hydrogen) atoms. The van der Waals surface area contributed by atoms with Crippen LogP contribution in [-0.2, 0) is 0 Å². The standard InChI is InChI=1S/C10H12BrNO/c1-6-4-3-5-8(12)9(6)10(13)7(2)11/h3-5,7H,12H2,1-2H3. The molecule has 0 bridgehead atoms. The molecule has 2 nitrogen and oxygen atoms in total. The second kappa shape index (κ2) is 3.92. The Hall–Kier alpha value is -0.830. The highest BCUT2D eigenvalue weighted by Gasteiger charge is 2.16. The maximum Gasteiger partial charge on any atom is 0.178 e. The highest BCUT2D eigenvalue weighted by atomic mass is 79.9. The highest BCUT2D eigenvalue weighted by molar-refractivity contribution is 9.10. The second-order valence-corrected chi connectivity index (χ2v) is 4.39. The van der Waals surface area contributed by atoms with Crippen molar-refractivity contribution in [1.82, 2.24) is 0 Å². The monoisotopic (exact) mass is 241 g/mol. The Kier molecular flexibility index (Phi) is 3.09. The van der Waals surface area contributed by atoms with E-state index in [1.165, 1.54) is 0 Å². The number of anilines is 1. The first kappa shape index (κ1) is 10.3. The summed E-state index contributed by atoms with van der Waals surface area (Å²) in [5, 5.41) is 0. The van der Waals surface area contributed by atoms with Gasteiger partial charge in [-0.3, -0.25) is 4.79 Å². The Morgan fingerprint density at radius 1 is 1.54 bits per heavy atom. The molecular weight excluding hydrogens is 230 g/mol. The first-order chi connectivity index (χ1) is 6.04. The van der Waals surface area contributed by atoms with Crippen LogP contribution in [0, 0.1) is 6.92 Å². The molecule has 0 aliphatic rings. The topological polar surface area (TPSA) is 43.1 Å². The lowest BCUT2D eigenvalue weighted by Gasteiger charge is -2.09. The number of benzene rings is 1. The molecule has 70 valence electrons. The molecule has 0 aliphatic carbocycles. The van der Waals surface area contributed by atoms with E-state index in [0.29, 0.717) is 11.3 Å². The van der Waals surface area contributed by atoms with E-state index in [0.717, 1.165) is 5.56 Å². The van der Waals surface area contributed by atoms with Gasteiger partial charge in [0.2, 0.25) is 0 Å². The molecular formula is C10H12BrNO. The molecule has 0 radical (unpaired) electrons. The third kappa shape index (κ3) is 2.10. The molecule has 1 unspecified atom stereocenters. The van der Waals surface area contributed by atoms with E-state index >= 15 is 0 Å². The molecule has 0 saturated carbocycles. The quantitative estimate of drug-likeness (QED) is 0.492. The third-order valence-electron chi connectivity index (χ3n) is 1.91. The van der Waals surface area contributed by atoms with Crippen molar-refractivity contribution in [2.45, 2.75) is 18.7 Å². The second-order valence-electron chi connectivity index (χ2n) is 3.02. The number of halogens is 1. The minimum absolute atomic E-state index is 0.0376. The van der Waals surface area contributed by atoms with Crippen LogP contribution in [0.2, 0.25) is 0 Å². The summed E-state index contributed by atoms with van der Waals surface area (Å²) >= 11 is 3.24. The zero-order valence-corrected chi connectivity index (χ0v) is 9.26. The van der Waals surface area contributed by atoms with Crippen molar-refractivity contribution in [3.8, 4) is 0 Å². The summed E-state index contributed by atoms with van der Waals surface area (Å²) in [7, 11) is 0. The van der Waals surface area contributed by atoms with Crippen molar-refractivity contribution in [1.29, 1.82) is 0 Å². The number of Topliss-reactive ketones (excluding diaryl/α,β-unsaturated/α-hetero) is 1.